The van der Waals surface area contributed by atoms with Crippen molar-refractivity contribution >= 4 is 15.9 Å². The van der Waals surface area contributed by atoms with Gasteiger partial charge in [-0.1, -0.05) is 12.1 Å². The van der Waals surface area contributed by atoms with Gasteiger partial charge in [-0.2, -0.15) is 0 Å². The maximum absolute atomic E-state index is 13.0. The van der Waals surface area contributed by atoms with Crippen molar-refractivity contribution in [3.63, 3.8) is 0 Å². The van der Waals surface area contributed by atoms with Crippen LogP contribution in [0.3, 0.4) is 0 Å². The van der Waals surface area contributed by atoms with Gasteiger partial charge in [-0.3, -0.25) is 4.79 Å². The van der Waals surface area contributed by atoms with Crippen LogP contribution in [-0.4, -0.2) is 39.1 Å². The van der Waals surface area contributed by atoms with Gasteiger partial charge in [0.05, 0.1) is 4.90 Å². The highest BCUT2D eigenvalue weighted by Crippen LogP contribution is 2.33. The molecule has 0 spiro atoms. The zero-order valence-electron chi connectivity index (χ0n) is 14.6. The number of fused-ring (bicyclic) bond motifs is 1. The van der Waals surface area contributed by atoms with Crippen molar-refractivity contribution in [3.05, 3.63) is 53.8 Å². The summed E-state index contributed by atoms with van der Waals surface area (Å²) in [5.41, 5.74) is 0.755. The highest BCUT2D eigenvalue weighted by atomic mass is 32.2. The molecule has 0 bridgehead atoms. The zero-order chi connectivity index (χ0) is 19.4. The van der Waals surface area contributed by atoms with Crippen molar-refractivity contribution in [2.45, 2.75) is 18.4 Å². The number of ether oxygens (including phenoxy) is 2. The van der Waals surface area contributed by atoms with E-state index in [4.69, 9.17) is 9.47 Å². The quantitative estimate of drug-likeness (QED) is 0.775. The number of benzene rings is 2. The van der Waals surface area contributed by atoms with Crippen LogP contribution >= 0.6 is 0 Å². The first-order chi connectivity index (χ1) is 12.8. The molecule has 0 fully saturated rings. The number of halogens is 1. The second-order valence-corrected chi connectivity index (χ2v) is 7.75. The van der Waals surface area contributed by atoms with E-state index in [9.17, 15) is 17.6 Å². The van der Waals surface area contributed by atoms with Gasteiger partial charge in [-0.15, -0.1) is 0 Å². The van der Waals surface area contributed by atoms with E-state index < -0.39 is 10.0 Å². The van der Waals surface area contributed by atoms with Crippen LogP contribution < -0.4 is 14.2 Å². The van der Waals surface area contributed by atoms with E-state index in [1.54, 1.807) is 12.1 Å². The first kappa shape index (κ1) is 19.1. The molecular formula is C18H19FN2O5S. The first-order valence-corrected chi connectivity index (χ1v) is 9.73. The summed E-state index contributed by atoms with van der Waals surface area (Å²) in [6.45, 7) is 1.94. The molecule has 1 aliphatic rings. The summed E-state index contributed by atoms with van der Waals surface area (Å²) < 4.78 is 50.7. The number of amides is 1. The Morgan fingerprint density at radius 3 is 2.56 bits per heavy atom. The molecule has 0 aromatic heterocycles. The molecular weight excluding hydrogens is 375 g/mol. The van der Waals surface area contributed by atoms with Gasteiger partial charge >= 0.3 is 0 Å². The topological polar surface area (TPSA) is 84.9 Å². The monoisotopic (exact) mass is 394 g/mol. The lowest BCUT2D eigenvalue weighted by molar-refractivity contribution is -0.129. The smallest absolute Gasteiger partial charge is 0.240 e. The van der Waals surface area contributed by atoms with Crippen molar-refractivity contribution in [1.82, 2.24) is 9.62 Å². The molecule has 9 heteroatoms. The molecule has 2 aromatic carbocycles. The van der Waals surface area contributed by atoms with E-state index in [-0.39, 0.29) is 43.0 Å². The second kappa shape index (κ2) is 7.93. The van der Waals surface area contributed by atoms with Gasteiger partial charge < -0.3 is 14.4 Å². The molecule has 0 atom stereocenters. The molecule has 2 aromatic rings. The number of carbonyl (C=O) groups excluding carboxylic acids is 1. The van der Waals surface area contributed by atoms with Crippen molar-refractivity contribution in [2.24, 2.45) is 0 Å². The molecule has 1 aliphatic heterocycles. The van der Waals surface area contributed by atoms with Gasteiger partial charge in [0.1, 0.15) is 5.82 Å². The number of hydrogen-bond acceptors (Lipinski definition) is 5. The zero-order valence-corrected chi connectivity index (χ0v) is 15.5. The number of nitrogens with zero attached hydrogens (tertiary/aromatic N) is 1. The first-order valence-electron chi connectivity index (χ1n) is 8.24. The SMILES string of the molecule is CC(=O)N(CCNS(=O)(=O)c1ccc2c(c1)OCO2)Cc1ccc(F)cc1. The van der Waals surface area contributed by atoms with Crippen molar-refractivity contribution in [1.29, 1.82) is 0 Å². The van der Waals surface area contributed by atoms with Gasteiger partial charge in [0.15, 0.2) is 11.5 Å². The van der Waals surface area contributed by atoms with Crippen LogP contribution in [0, 0.1) is 5.82 Å². The fourth-order valence-electron chi connectivity index (χ4n) is 2.60. The molecule has 1 N–H and O–H groups in total. The van der Waals surface area contributed by atoms with E-state index in [0.29, 0.717) is 11.5 Å². The Morgan fingerprint density at radius 1 is 1.15 bits per heavy atom. The summed E-state index contributed by atoms with van der Waals surface area (Å²) in [5.74, 6) is 0.307. The molecule has 7 nitrogen and oxygen atoms in total. The Morgan fingerprint density at radius 2 is 1.85 bits per heavy atom. The van der Waals surface area contributed by atoms with E-state index >= 15 is 0 Å². The molecule has 1 amide bonds. The van der Waals surface area contributed by atoms with E-state index in [2.05, 4.69) is 4.72 Å². The van der Waals surface area contributed by atoms with E-state index in [1.807, 2.05) is 0 Å². The Balaban J connectivity index is 1.60. The summed E-state index contributed by atoms with van der Waals surface area (Å²) in [6.07, 6.45) is 0. The average Bonchev–Trinajstić information content (AvgIpc) is 3.10. The number of sulfonamides is 1. The van der Waals surface area contributed by atoms with E-state index in [0.717, 1.165) is 5.56 Å². The van der Waals surface area contributed by atoms with Gasteiger partial charge in [-0.25, -0.2) is 17.5 Å². The maximum Gasteiger partial charge on any atom is 0.240 e. The number of hydrogen-bond donors (Lipinski definition) is 1. The Labute approximate surface area is 156 Å². The lowest BCUT2D eigenvalue weighted by atomic mass is 10.2. The third-order valence-corrected chi connectivity index (χ3v) is 5.52. The van der Waals surface area contributed by atoms with Crippen molar-refractivity contribution < 1.29 is 27.1 Å². The molecule has 3 rings (SSSR count). The third-order valence-electron chi connectivity index (χ3n) is 4.06. The maximum atomic E-state index is 13.0. The summed E-state index contributed by atoms with van der Waals surface area (Å²) in [6, 6.07) is 10.2. The average molecular weight is 394 g/mol. The Hall–Kier alpha value is -2.65. The summed E-state index contributed by atoms with van der Waals surface area (Å²) in [7, 11) is -3.75. The Bertz CT molecular complexity index is 931. The molecule has 0 radical (unpaired) electrons. The summed E-state index contributed by atoms with van der Waals surface area (Å²) in [5, 5.41) is 0. The molecule has 144 valence electrons. The van der Waals surface area contributed by atoms with Crippen LogP contribution in [0.2, 0.25) is 0 Å². The van der Waals surface area contributed by atoms with Crippen LogP contribution in [0.5, 0.6) is 11.5 Å². The fourth-order valence-corrected chi connectivity index (χ4v) is 3.64. The normalized spacial score (nSPS) is 12.8. The van der Waals surface area contributed by atoms with Crippen LogP contribution in [0.4, 0.5) is 4.39 Å². The number of nitrogens with one attached hydrogen (secondary N) is 1. The predicted molar refractivity (Wildman–Crippen MR) is 95.2 cm³/mol. The van der Waals surface area contributed by atoms with Gasteiger partial charge in [0.2, 0.25) is 22.7 Å². The van der Waals surface area contributed by atoms with Crippen LogP contribution in [0.25, 0.3) is 0 Å². The Kier molecular flexibility index (Phi) is 5.62. The minimum Gasteiger partial charge on any atom is -0.454 e. The highest BCUT2D eigenvalue weighted by molar-refractivity contribution is 7.89. The fraction of sp³-hybridized carbons (Fsp3) is 0.278. The molecule has 0 unspecified atom stereocenters. The van der Waals surface area contributed by atoms with Crippen molar-refractivity contribution in [3.8, 4) is 11.5 Å². The lowest BCUT2D eigenvalue weighted by Gasteiger charge is -2.21. The predicted octanol–water partition coefficient (Wildman–Crippen LogP) is 1.88. The van der Waals surface area contributed by atoms with Crippen LogP contribution in [0.1, 0.15) is 12.5 Å². The largest absolute Gasteiger partial charge is 0.454 e. The minimum absolute atomic E-state index is 0.0392. The standard InChI is InChI=1S/C18H19FN2O5S/c1-13(22)21(11-14-2-4-15(19)5-3-14)9-8-20-27(23,24)16-6-7-17-18(10-16)26-12-25-17/h2-7,10,20H,8-9,11-12H2,1H3. The lowest BCUT2D eigenvalue weighted by Crippen LogP contribution is -2.37. The van der Waals surface area contributed by atoms with Gasteiger partial charge in [0.25, 0.3) is 0 Å². The highest BCUT2D eigenvalue weighted by Gasteiger charge is 2.20. The van der Waals surface area contributed by atoms with Crippen molar-refractivity contribution in [2.75, 3.05) is 19.9 Å². The number of carbonyl (C=O) groups is 1. The molecule has 0 aliphatic carbocycles. The molecule has 0 saturated carbocycles. The van der Waals surface area contributed by atoms with Crippen LogP contribution in [-0.2, 0) is 21.4 Å². The summed E-state index contributed by atoms with van der Waals surface area (Å²) in [4.78, 5) is 13.3. The van der Waals surface area contributed by atoms with Gasteiger partial charge in [0, 0.05) is 32.6 Å². The third kappa shape index (κ3) is 4.75. The number of rotatable bonds is 7. The minimum atomic E-state index is -3.75. The van der Waals surface area contributed by atoms with Crippen LogP contribution in [0.15, 0.2) is 47.4 Å². The molecule has 0 saturated heterocycles. The summed E-state index contributed by atoms with van der Waals surface area (Å²) >= 11 is 0. The van der Waals surface area contributed by atoms with Gasteiger partial charge in [-0.05, 0) is 29.8 Å². The molecule has 1 heterocycles. The molecule has 27 heavy (non-hydrogen) atoms. The second-order valence-electron chi connectivity index (χ2n) is 5.98. The van der Waals surface area contributed by atoms with E-state index in [1.165, 1.54) is 42.2 Å².